The fourth-order valence-electron chi connectivity index (χ4n) is 2.15. The maximum atomic E-state index is 9.29. The van der Waals surface area contributed by atoms with E-state index in [1.54, 1.807) is 11.3 Å². The molecule has 2 rings (SSSR count). The molecule has 1 aliphatic rings. The molecule has 0 saturated carbocycles. The molecule has 1 aliphatic heterocycles. The highest BCUT2D eigenvalue weighted by Crippen LogP contribution is 2.29. The Balaban J connectivity index is 2.12. The van der Waals surface area contributed by atoms with Crippen LogP contribution in [-0.4, -0.2) is 36.4 Å². The summed E-state index contributed by atoms with van der Waals surface area (Å²) in [6.07, 6.45) is 3.01. The fourth-order valence-corrected chi connectivity index (χ4v) is 3.19. The van der Waals surface area contributed by atoms with Crippen LogP contribution >= 0.6 is 11.3 Å². The maximum absolute atomic E-state index is 9.29. The minimum absolute atomic E-state index is 0.0997. The van der Waals surface area contributed by atoms with Crippen LogP contribution in [0, 0.1) is 0 Å². The van der Waals surface area contributed by atoms with Gasteiger partial charge in [-0.3, -0.25) is 0 Å². The first-order valence-corrected chi connectivity index (χ1v) is 6.98. The van der Waals surface area contributed by atoms with Gasteiger partial charge in [-0.15, -0.1) is 0 Å². The van der Waals surface area contributed by atoms with Gasteiger partial charge in [-0.05, 0) is 19.3 Å². The quantitative estimate of drug-likeness (QED) is 0.892. The van der Waals surface area contributed by atoms with Gasteiger partial charge in [0.25, 0.3) is 0 Å². The summed E-state index contributed by atoms with van der Waals surface area (Å²) in [4.78, 5) is 7.86. The second-order valence-electron chi connectivity index (χ2n) is 4.33. The number of anilines is 1. The molecule has 1 aromatic heterocycles. The van der Waals surface area contributed by atoms with Crippen LogP contribution in [-0.2, 0) is 17.8 Å². The molecule has 0 atom stereocenters. The van der Waals surface area contributed by atoms with Crippen molar-refractivity contribution in [1.82, 2.24) is 4.98 Å². The average Bonchev–Trinajstić information content (AvgIpc) is 2.82. The summed E-state index contributed by atoms with van der Waals surface area (Å²) in [5, 5.41) is 10.3. The largest absolute Gasteiger partial charge is 0.391 e. The average molecular weight is 256 g/mol. The number of aliphatic hydroxyl groups is 1. The highest BCUT2D eigenvalue weighted by Gasteiger charge is 2.22. The van der Waals surface area contributed by atoms with Gasteiger partial charge in [0.15, 0.2) is 5.13 Å². The SMILES string of the molecule is CCc1nc(N(C)C2CCOCC2)sc1CO. The van der Waals surface area contributed by atoms with Gasteiger partial charge in [-0.1, -0.05) is 18.3 Å². The zero-order valence-electron chi connectivity index (χ0n) is 10.5. The minimum atomic E-state index is 0.0997. The van der Waals surface area contributed by atoms with Crippen LogP contribution in [0.2, 0.25) is 0 Å². The van der Waals surface area contributed by atoms with Crippen molar-refractivity contribution in [1.29, 1.82) is 0 Å². The maximum Gasteiger partial charge on any atom is 0.185 e. The molecular weight excluding hydrogens is 236 g/mol. The van der Waals surface area contributed by atoms with Gasteiger partial charge in [-0.25, -0.2) is 4.98 Å². The molecule has 0 spiro atoms. The third-order valence-electron chi connectivity index (χ3n) is 3.29. The van der Waals surface area contributed by atoms with Crippen LogP contribution in [0.5, 0.6) is 0 Å². The van der Waals surface area contributed by atoms with E-state index in [2.05, 4.69) is 23.9 Å². The second-order valence-corrected chi connectivity index (χ2v) is 5.39. The van der Waals surface area contributed by atoms with Crippen molar-refractivity contribution in [3.63, 3.8) is 0 Å². The number of nitrogens with zero attached hydrogens (tertiary/aromatic N) is 2. The first-order chi connectivity index (χ1) is 8.26. The van der Waals surface area contributed by atoms with E-state index in [1.165, 1.54) is 0 Å². The molecule has 0 aliphatic carbocycles. The van der Waals surface area contributed by atoms with Crippen molar-refractivity contribution in [2.45, 2.75) is 38.8 Å². The molecule has 5 heteroatoms. The van der Waals surface area contributed by atoms with Gasteiger partial charge in [0.05, 0.1) is 17.2 Å². The Morgan fingerprint density at radius 3 is 2.71 bits per heavy atom. The molecule has 0 radical (unpaired) electrons. The van der Waals surface area contributed by atoms with E-state index in [-0.39, 0.29) is 6.61 Å². The highest BCUT2D eigenvalue weighted by molar-refractivity contribution is 7.15. The molecule has 0 amide bonds. The van der Waals surface area contributed by atoms with E-state index in [1.807, 2.05) is 0 Å². The van der Waals surface area contributed by atoms with Gasteiger partial charge in [-0.2, -0.15) is 0 Å². The fraction of sp³-hybridized carbons (Fsp3) is 0.750. The van der Waals surface area contributed by atoms with Crippen molar-refractivity contribution in [2.24, 2.45) is 0 Å². The van der Waals surface area contributed by atoms with Crippen LogP contribution in [0.1, 0.15) is 30.3 Å². The highest BCUT2D eigenvalue weighted by atomic mass is 32.1. The van der Waals surface area contributed by atoms with Crippen LogP contribution in [0.4, 0.5) is 5.13 Å². The number of hydrogen-bond donors (Lipinski definition) is 1. The van der Waals surface area contributed by atoms with Crippen molar-refractivity contribution < 1.29 is 9.84 Å². The smallest absolute Gasteiger partial charge is 0.185 e. The van der Waals surface area contributed by atoms with Gasteiger partial charge in [0.2, 0.25) is 0 Å². The lowest BCUT2D eigenvalue weighted by molar-refractivity contribution is 0.0855. The van der Waals surface area contributed by atoms with E-state index >= 15 is 0 Å². The number of aromatic nitrogens is 1. The van der Waals surface area contributed by atoms with Gasteiger partial charge < -0.3 is 14.7 Å². The molecular formula is C12H20N2O2S. The molecule has 0 bridgehead atoms. The normalized spacial score (nSPS) is 17.4. The lowest BCUT2D eigenvalue weighted by atomic mass is 10.1. The number of aliphatic hydroxyl groups excluding tert-OH is 1. The molecule has 96 valence electrons. The van der Waals surface area contributed by atoms with Crippen molar-refractivity contribution in [3.05, 3.63) is 10.6 Å². The first-order valence-electron chi connectivity index (χ1n) is 6.16. The summed E-state index contributed by atoms with van der Waals surface area (Å²) in [5.41, 5.74) is 1.03. The van der Waals surface area contributed by atoms with Crippen molar-refractivity contribution >= 4 is 16.5 Å². The molecule has 17 heavy (non-hydrogen) atoms. The molecule has 1 aromatic rings. The Hall–Kier alpha value is -0.650. The third-order valence-corrected chi connectivity index (χ3v) is 4.46. The van der Waals surface area contributed by atoms with E-state index in [0.717, 1.165) is 48.2 Å². The topological polar surface area (TPSA) is 45.6 Å². The third kappa shape index (κ3) is 2.78. The van der Waals surface area contributed by atoms with Gasteiger partial charge >= 0.3 is 0 Å². The Labute approximate surface area is 106 Å². The molecule has 1 fully saturated rings. The van der Waals surface area contributed by atoms with E-state index in [4.69, 9.17) is 4.74 Å². The Kier molecular flexibility index (Phi) is 4.36. The molecule has 0 aromatic carbocycles. The molecule has 1 N–H and O–H groups in total. The summed E-state index contributed by atoms with van der Waals surface area (Å²) in [6, 6.07) is 0.520. The molecule has 0 unspecified atom stereocenters. The molecule has 2 heterocycles. The number of thiazole rings is 1. The molecule has 4 nitrogen and oxygen atoms in total. The van der Waals surface area contributed by atoms with E-state index in [9.17, 15) is 5.11 Å². The number of aryl methyl sites for hydroxylation is 1. The first kappa shape index (κ1) is 12.8. The minimum Gasteiger partial charge on any atom is -0.391 e. The zero-order valence-corrected chi connectivity index (χ0v) is 11.3. The van der Waals surface area contributed by atoms with Gasteiger partial charge in [0.1, 0.15) is 0 Å². The lowest BCUT2D eigenvalue weighted by Crippen LogP contribution is -2.36. The summed E-state index contributed by atoms with van der Waals surface area (Å²) in [6.45, 7) is 3.86. The predicted octanol–water partition coefficient (Wildman–Crippen LogP) is 1.81. The van der Waals surface area contributed by atoms with Crippen molar-refractivity contribution in [2.75, 3.05) is 25.2 Å². The number of hydrogen-bond acceptors (Lipinski definition) is 5. The number of rotatable bonds is 4. The Morgan fingerprint density at radius 2 is 2.18 bits per heavy atom. The zero-order chi connectivity index (χ0) is 12.3. The Bertz CT molecular complexity index is 340. The Morgan fingerprint density at radius 1 is 1.47 bits per heavy atom. The van der Waals surface area contributed by atoms with Crippen LogP contribution in [0.15, 0.2) is 0 Å². The lowest BCUT2D eigenvalue weighted by Gasteiger charge is -2.30. The van der Waals surface area contributed by atoms with Crippen LogP contribution < -0.4 is 4.90 Å². The summed E-state index contributed by atoms with van der Waals surface area (Å²) >= 11 is 1.61. The summed E-state index contributed by atoms with van der Waals surface area (Å²) < 4.78 is 5.37. The number of ether oxygens (including phenoxy) is 1. The van der Waals surface area contributed by atoms with Crippen LogP contribution in [0.3, 0.4) is 0 Å². The molecule has 1 saturated heterocycles. The van der Waals surface area contributed by atoms with Crippen molar-refractivity contribution in [3.8, 4) is 0 Å². The summed E-state index contributed by atoms with van der Waals surface area (Å²) in [7, 11) is 2.09. The predicted molar refractivity (Wildman–Crippen MR) is 69.7 cm³/mol. The second kappa shape index (κ2) is 5.80. The monoisotopic (exact) mass is 256 g/mol. The van der Waals surface area contributed by atoms with E-state index < -0.39 is 0 Å². The standard InChI is InChI=1S/C12H20N2O2S/c1-3-10-11(8-15)17-12(13-10)14(2)9-4-6-16-7-5-9/h9,15H,3-8H2,1-2H3. The van der Waals surface area contributed by atoms with E-state index in [0.29, 0.717) is 6.04 Å². The van der Waals surface area contributed by atoms with Crippen LogP contribution in [0.25, 0.3) is 0 Å². The summed E-state index contributed by atoms with van der Waals surface area (Å²) in [5.74, 6) is 0. The van der Waals surface area contributed by atoms with Gasteiger partial charge in [0, 0.05) is 26.3 Å².